The Morgan fingerprint density at radius 1 is 1.34 bits per heavy atom. The summed E-state index contributed by atoms with van der Waals surface area (Å²) >= 11 is 0.950. The van der Waals surface area contributed by atoms with Crippen molar-refractivity contribution in [1.29, 1.82) is 0 Å². The molecule has 0 spiro atoms. The van der Waals surface area contributed by atoms with Gasteiger partial charge in [0.2, 0.25) is 0 Å². The molecule has 5 rings (SSSR count). The zero-order valence-corrected chi connectivity index (χ0v) is 17.6. The van der Waals surface area contributed by atoms with Crippen molar-refractivity contribution in [2.45, 2.75) is 38.2 Å². The normalized spacial score (nSPS) is 14.8. The summed E-state index contributed by atoms with van der Waals surface area (Å²) in [4.78, 5) is 19.8. The van der Waals surface area contributed by atoms with Crippen molar-refractivity contribution in [3.63, 3.8) is 0 Å². The van der Waals surface area contributed by atoms with E-state index < -0.39 is 18.1 Å². The summed E-state index contributed by atoms with van der Waals surface area (Å²) in [5.74, 6) is -0.514. The lowest BCUT2D eigenvalue weighted by molar-refractivity contribution is 0.0702. The third-order valence-electron chi connectivity index (χ3n) is 5.56. The summed E-state index contributed by atoms with van der Waals surface area (Å²) in [5.41, 5.74) is 1.70. The Morgan fingerprint density at radius 3 is 2.78 bits per heavy atom. The van der Waals surface area contributed by atoms with Gasteiger partial charge in [-0.15, -0.1) is 11.3 Å². The van der Waals surface area contributed by atoms with Gasteiger partial charge in [-0.3, -0.25) is 4.68 Å². The van der Waals surface area contributed by atoms with Gasteiger partial charge in [0.25, 0.3) is 12.3 Å². The predicted molar refractivity (Wildman–Crippen MR) is 110 cm³/mol. The lowest BCUT2D eigenvalue weighted by Crippen LogP contribution is -2.12. The second-order valence-electron chi connectivity index (χ2n) is 7.66. The van der Waals surface area contributed by atoms with Crippen molar-refractivity contribution in [1.82, 2.24) is 24.9 Å². The molecule has 0 unspecified atom stereocenters. The van der Waals surface area contributed by atoms with Crippen LogP contribution >= 0.6 is 11.3 Å². The van der Waals surface area contributed by atoms with Crippen LogP contribution in [-0.2, 0) is 12.0 Å². The van der Waals surface area contributed by atoms with Crippen molar-refractivity contribution < 1.29 is 23.2 Å². The minimum atomic E-state index is -2.79. The van der Waals surface area contributed by atoms with Gasteiger partial charge in [-0.2, -0.15) is 10.1 Å². The average molecular weight is 457 g/mol. The number of nitrogens with zero attached hydrogens (tertiary/aromatic N) is 5. The molecule has 1 aliphatic carbocycles. The highest BCUT2D eigenvalue weighted by atomic mass is 32.1. The van der Waals surface area contributed by atoms with Crippen LogP contribution in [0.15, 0.2) is 41.1 Å². The number of carbonyl (C=O) groups is 1. The molecular formula is C21H17F2N5O3S. The molecule has 1 aliphatic rings. The SMILES string of the molecule is Cc1ccccc1C1(c2noc(-c3cc(C(F)F)nn3Cc3ncc(C(=O)O)s3)n2)CC1. The molecule has 1 saturated carbocycles. The van der Waals surface area contributed by atoms with Crippen LogP contribution in [0.3, 0.4) is 0 Å². The summed E-state index contributed by atoms with van der Waals surface area (Å²) in [6, 6.07) is 9.21. The van der Waals surface area contributed by atoms with Crippen LogP contribution in [0.1, 0.15) is 56.6 Å². The van der Waals surface area contributed by atoms with E-state index in [0.717, 1.165) is 35.3 Å². The molecule has 3 heterocycles. The Labute approximate surface area is 184 Å². The van der Waals surface area contributed by atoms with Crippen LogP contribution in [0.2, 0.25) is 0 Å². The maximum Gasteiger partial charge on any atom is 0.347 e. The van der Waals surface area contributed by atoms with Crippen LogP contribution in [0.4, 0.5) is 8.78 Å². The molecule has 0 aliphatic heterocycles. The Bertz CT molecular complexity index is 1310. The summed E-state index contributed by atoms with van der Waals surface area (Å²) in [5, 5.41) is 17.6. The first-order chi connectivity index (χ1) is 15.4. The number of aryl methyl sites for hydroxylation is 1. The predicted octanol–water partition coefficient (Wildman–Crippen LogP) is 4.46. The first-order valence-electron chi connectivity index (χ1n) is 9.82. The van der Waals surface area contributed by atoms with Crippen LogP contribution in [0.5, 0.6) is 0 Å². The quantitative estimate of drug-likeness (QED) is 0.437. The third kappa shape index (κ3) is 3.48. The molecule has 0 saturated heterocycles. The summed E-state index contributed by atoms with van der Waals surface area (Å²) in [6.07, 6.45) is 0.180. The van der Waals surface area contributed by atoms with Gasteiger partial charge in [0.15, 0.2) is 5.82 Å². The van der Waals surface area contributed by atoms with Gasteiger partial charge in [0.05, 0.1) is 18.2 Å². The van der Waals surface area contributed by atoms with E-state index in [-0.39, 0.29) is 28.4 Å². The maximum absolute atomic E-state index is 13.4. The molecule has 11 heteroatoms. The monoisotopic (exact) mass is 457 g/mol. The van der Waals surface area contributed by atoms with Crippen molar-refractivity contribution in [3.8, 4) is 11.6 Å². The van der Waals surface area contributed by atoms with E-state index in [1.807, 2.05) is 31.2 Å². The van der Waals surface area contributed by atoms with Crippen molar-refractivity contribution in [3.05, 3.63) is 69.1 Å². The third-order valence-corrected chi connectivity index (χ3v) is 6.53. The van der Waals surface area contributed by atoms with E-state index in [2.05, 4.69) is 20.2 Å². The van der Waals surface area contributed by atoms with Gasteiger partial charge in [0, 0.05) is 0 Å². The molecule has 8 nitrogen and oxygen atoms in total. The molecular weight excluding hydrogens is 440 g/mol. The van der Waals surface area contributed by atoms with Crippen LogP contribution < -0.4 is 0 Å². The van der Waals surface area contributed by atoms with E-state index in [9.17, 15) is 13.6 Å². The number of aromatic nitrogens is 5. The smallest absolute Gasteiger partial charge is 0.347 e. The minimum Gasteiger partial charge on any atom is -0.477 e. The number of alkyl halides is 2. The van der Waals surface area contributed by atoms with E-state index in [1.165, 1.54) is 16.9 Å². The fourth-order valence-electron chi connectivity index (χ4n) is 3.82. The molecule has 32 heavy (non-hydrogen) atoms. The highest BCUT2D eigenvalue weighted by Crippen LogP contribution is 2.53. The number of benzene rings is 1. The molecule has 1 N–H and O–H groups in total. The van der Waals surface area contributed by atoms with Crippen molar-refractivity contribution in [2.75, 3.05) is 0 Å². The van der Waals surface area contributed by atoms with E-state index in [1.54, 1.807) is 0 Å². The Hall–Kier alpha value is -3.47. The lowest BCUT2D eigenvalue weighted by atomic mass is 9.91. The Morgan fingerprint density at radius 2 is 2.12 bits per heavy atom. The zero-order valence-electron chi connectivity index (χ0n) is 16.8. The highest BCUT2D eigenvalue weighted by Gasteiger charge is 2.50. The lowest BCUT2D eigenvalue weighted by Gasteiger charge is -2.13. The molecule has 0 radical (unpaired) electrons. The van der Waals surface area contributed by atoms with Gasteiger partial charge in [0.1, 0.15) is 21.3 Å². The number of hydrogen-bond acceptors (Lipinski definition) is 7. The summed E-state index contributed by atoms with van der Waals surface area (Å²) in [7, 11) is 0. The first kappa shape index (κ1) is 20.4. The van der Waals surface area contributed by atoms with Crippen LogP contribution in [-0.4, -0.2) is 36.0 Å². The number of carboxylic acids is 1. The minimum absolute atomic E-state index is 0.000644. The number of halogens is 2. The fourth-order valence-corrected chi connectivity index (χ4v) is 4.56. The Kier molecular flexibility index (Phi) is 4.85. The zero-order chi connectivity index (χ0) is 22.5. The topological polar surface area (TPSA) is 107 Å². The molecule has 0 bridgehead atoms. The van der Waals surface area contributed by atoms with Gasteiger partial charge in [-0.05, 0) is 37.0 Å². The van der Waals surface area contributed by atoms with Crippen molar-refractivity contribution >= 4 is 17.3 Å². The Balaban J connectivity index is 1.51. The summed E-state index contributed by atoms with van der Waals surface area (Å²) in [6.45, 7) is 2.03. The number of hydrogen-bond donors (Lipinski definition) is 1. The van der Waals surface area contributed by atoms with E-state index in [4.69, 9.17) is 9.63 Å². The van der Waals surface area contributed by atoms with E-state index in [0.29, 0.717) is 10.8 Å². The maximum atomic E-state index is 13.4. The fraction of sp³-hybridized carbons (Fsp3) is 0.286. The average Bonchev–Trinajstić information content (AvgIpc) is 3.14. The second kappa shape index (κ2) is 7.59. The number of thiazole rings is 1. The number of rotatable bonds is 7. The highest BCUT2D eigenvalue weighted by molar-refractivity contribution is 7.13. The molecule has 4 aromatic rings. The van der Waals surface area contributed by atoms with Crippen LogP contribution in [0, 0.1) is 6.92 Å². The van der Waals surface area contributed by atoms with Crippen molar-refractivity contribution in [2.24, 2.45) is 0 Å². The molecule has 1 fully saturated rings. The summed E-state index contributed by atoms with van der Waals surface area (Å²) < 4.78 is 33.5. The van der Waals surface area contributed by atoms with Gasteiger partial charge in [-0.1, -0.05) is 29.4 Å². The standard InChI is InChI=1S/C21H17F2N5O3S/c1-11-4-2-3-5-12(11)21(6-7-21)20-25-18(31-27-20)14-8-13(17(22)23)26-28(14)10-16-24-9-15(32-16)19(29)30/h2-5,8-9,17H,6-7,10H2,1H3,(H,29,30). The van der Waals surface area contributed by atoms with E-state index >= 15 is 0 Å². The van der Waals surface area contributed by atoms with Gasteiger partial charge < -0.3 is 9.63 Å². The van der Waals surface area contributed by atoms with Gasteiger partial charge in [-0.25, -0.2) is 18.6 Å². The molecule has 0 amide bonds. The molecule has 0 atom stereocenters. The van der Waals surface area contributed by atoms with Crippen LogP contribution in [0.25, 0.3) is 11.6 Å². The van der Waals surface area contributed by atoms with Gasteiger partial charge >= 0.3 is 5.97 Å². The molecule has 164 valence electrons. The largest absolute Gasteiger partial charge is 0.477 e. The molecule has 3 aromatic heterocycles. The second-order valence-corrected chi connectivity index (χ2v) is 8.77. The molecule has 1 aromatic carbocycles. The number of aromatic carboxylic acids is 1. The first-order valence-corrected chi connectivity index (χ1v) is 10.6. The number of carboxylic acid groups (broad SMARTS) is 1.